The van der Waals surface area contributed by atoms with Gasteiger partial charge in [-0.1, -0.05) is 12.1 Å². The number of hydrogen-bond donors (Lipinski definition) is 2. The number of carbonyl (C=O) groups is 2. The van der Waals surface area contributed by atoms with E-state index in [1.54, 1.807) is 6.21 Å². The summed E-state index contributed by atoms with van der Waals surface area (Å²) >= 11 is 0. The van der Waals surface area contributed by atoms with Crippen LogP contribution >= 0.6 is 0 Å². The molecule has 9 nitrogen and oxygen atoms in total. The normalized spacial score (nSPS) is 10.5. The van der Waals surface area contributed by atoms with E-state index in [0.717, 1.165) is 24.3 Å². The first-order chi connectivity index (χ1) is 15.5. The van der Waals surface area contributed by atoms with Crippen LogP contribution < -0.4 is 29.9 Å². The fourth-order valence-electron chi connectivity index (χ4n) is 3.05. The molecule has 0 bridgehead atoms. The Bertz CT molecular complexity index is 915. The van der Waals surface area contributed by atoms with E-state index >= 15 is 0 Å². The Kier molecular flexibility index (Phi) is 9.34. The number of hydrogen-bond acceptors (Lipinski definition) is 7. The first-order valence-electron chi connectivity index (χ1n) is 10.2. The van der Waals surface area contributed by atoms with E-state index in [2.05, 4.69) is 34.6 Å². The van der Waals surface area contributed by atoms with Crippen LogP contribution in [0, 0.1) is 0 Å². The topological polar surface area (TPSA) is 101 Å². The standard InChI is InChI=1S/C23H30N4O5/c1-6-27(7-2)18-10-8-16(9-11-18)14-25-26-21(28)15-24-23(29)17-12-19(30-3)22(32-5)20(13-17)31-4/h8-14H,6-7,15H2,1-5H3,(H,24,29)(H,26,28)/b25-14+. The van der Waals surface area contributed by atoms with Crippen LogP contribution in [-0.2, 0) is 4.79 Å². The number of methoxy groups -OCH3 is 3. The Balaban J connectivity index is 1.91. The second-order valence-corrected chi connectivity index (χ2v) is 6.65. The van der Waals surface area contributed by atoms with Gasteiger partial charge in [0.2, 0.25) is 5.75 Å². The molecule has 0 radical (unpaired) electrons. The molecule has 0 aliphatic rings. The van der Waals surface area contributed by atoms with Gasteiger partial charge in [0.25, 0.3) is 11.8 Å². The number of carbonyl (C=O) groups excluding carboxylic acids is 2. The number of anilines is 1. The van der Waals surface area contributed by atoms with Gasteiger partial charge in [0, 0.05) is 24.3 Å². The Morgan fingerprint density at radius 2 is 1.56 bits per heavy atom. The lowest BCUT2D eigenvalue weighted by Gasteiger charge is -2.20. The summed E-state index contributed by atoms with van der Waals surface area (Å²) in [6, 6.07) is 10.9. The third kappa shape index (κ3) is 6.37. The molecule has 0 aliphatic carbocycles. The van der Waals surface area contributed by atoms with Gasteiger partial charge < -0.3 is 24.4 Å². The fraction of sp³-hybridized carbons (Fsp3) is 0.348. The van der Waals surface area contributed by atoms with Crippen molar-refractivity contribution in [1.29, 1.82) is 0 Å². The van der Waals surface area contributed by atoms with Crippen LogP contribution in [0.2, 0.25) is 0 Å². The van der Waals surface area contributed by atoms with Crippen molar-refractivity contribution in [2.75, 3.05) is 45.9 Å². The summed E-state index contributed by atoms with van der Waals surface area (Å²) in [5.74, 6) is 0.150. The minimum atomic E-state index is -0.463. The Hall–Kier alpha value is -3.75. The van der Waals surface area contributed by atoms with Crippen molar-refractivity contribution in [3.05, 3.63) is 47.5 Å². The minimum Gasteiger partial charge on any atom is -0.493 e. The van der Waals surface area contributed by atoms with Gasteiger partial charge in [-0.3, -0.25) is 9.59 Å². The molecule has 172 valence electrons. The maximum Gasteiger partial charge on any atom is 0.259 e. The summed E-state index contributed by atoms with van der Waals surface area (Å²) in [7, 11) is 4.40. The number of ether oxygens (including phenoxy) is 3. The summed E-state index contributed by atoms with van der Waals surface area (Å²) in [4.78, 5) is 26.7. The van der Waals surface area contributed by atoms with Crippen LogP contribution in [0.15, 0.2) is 41.5 Å². The largest absolute Gasteiger partial charge is 0.493 e. The maximum absolute atomic E-state index is 12.4. The monoisotopic (exact) mass is 442 g/mol. The second kappa shape index (κ2) is 12.2. The molecule has 0 fully saturated rings. The highest BCUT2D eigenvalue weighted by Gasteiger charge is 2.17. The zero-order valence-electron chi connectivity index (χ0n) is 19.1. The molecular formula is C23H30N4O5. The van der Waals surface area contributed by atoms with Crippen molar-refractivity contribution in [2.45, 2.75) is 13.8 Å². The van der Waals surface area contributed by atoms with E-state index < -0.39 is 11.8 Å². The van der Waals surface area contributed by atoms with Crippen LogP contribution in [0.25, 0.3) is 0 Å². The van der Waals surface area contributed by atoms with Crippen molar-refractivity contribution in [3.63, 3.8) is 0 Å². The lowest BCUT2D eigenvalue weighted by molar-refractivity contribution is -0.120. The molecular weight excluding hydrogens is 412 g/mol. The molecule has 2 rings (SSSR count). The number of rotatable bonds is 11. The molecule has 2 amide bonds. The van der Waals surface area contributed by atoms with Gasteiger partial charge in [-0.2, -0.15) is 5.10 Å². The summed E-state index contributed by atoms with van der Waals surface area (Å²) in [5, 5.41) is 6.48. The summed E-state index contributed by atoms with van der Waals surface area (Å²) in [6.07, 6.45) is 1.55. The highest BCUT2D eigenvalue weighted by Crippen LogP contribution is 2.38. The van der Waals surface area contributed by atoms with Gasteiger partial charge in [0.1, 0.15) is 0 Å². The van der Waals surface area contributed by atoms with Gasteiger partial charge in [-0.25, -0.2) is 5.43 Å². The number of hydrazone groups is 1. The SMILES string of the molecule is CCN(CC)c1ccc(/C=N/NC(=O)CNC(=O)c2cc(OC)c(OC)c(OC)c2)cc1. The van der Waals surface area contributed by atoms with Crippen LogP contribution in [0.5, 0.6) is 17.2 Å². The Labute approximate surface area is 188 Å². The van der Waals surface area contributed by atoms with Gasteiger partial charge in [0.15, 0.2) is 11.5 Å². The molecule has 2 aromatic carbocycles. The van der Waals surface area contributed by atoms with Gasteiger partial charge in [-0.15, -0.1) is 0 Å². The van der Waals surface area contributed by atoms with E-state index in [1.165, 1.54) is 33.5 Å². The number of benzene rings is 2. The molecule has 2 aromatic rings. The summed E-state index contributed by atoms with van der Waals surface area (Å²) < 4.78 is 15.7. The van der Waals surface area contributed by atoms with Crippen LogP contribution in [0.1, 0.15) is 29.8 Å². The third-order valence-corrected chi connectivity index (χ3v) is 4.76. The smallest absolute Gasteiger partial charge is 0.259 e. The van der Waals surface area contributed by atoms with Crippen molar-refractivity contribution in [2.24, 2.45) is 5.10 Å². The molecule has 2 N–H and O–H groups in total. The maximum atomic E-state index is 12.4. The van der Waals surface area contributed by atoms with Gasteiger partial charge in [0.05, 0.1) is 34.1 Å². The average Bonchev–Trinajstić information content (AvgIpc) is 2.83. The number of nitrogens with zero attached hydrogens (tertiary/aromatic N) is 2. The third-order valence-electron chi connectivity index (χ3n) is 4.76. The molecule has 0 saturated carbocycles. The number of amides is 2. The molecule has 32 heavy (non-hydrogen) atoms. The summed E-state index contributed by atoms with van der Waals surface area (Å²) in [5.41, 5.74) is 4.64. The lowest BCUT2D eigenvalue weighted by atomic mass is 10.1. The minimum absolute atomic E-state index is 0.242. The van der Waals surface area contributed by atoms with Crippen molar-refractivity contribution in [1.82, 2.24) is 10.7 Å². The molecule has 9 heteroatoms. The van der Waals surface area contributed by atoms with Gasteiger partial charge in [-0.05, 0) is 43.7 Å². The van der Waals surface area contributed by atoms with E-state index in [0.29, 0.717) is 17.2 Å². The Morgan fingerprint density at radius 1 is 0.969 bits per heavy atom. The van der Waals surface area contributed by atoms with Crippen LogP contribution in [-0.4, -0.2) is 59.0 Å². The predicted molar refractivity (Wildman–Crippen MR) is 124 cm³/mol. The molecule has 0 unspecified atom stereocenters. The van der Waals surface area contributed by atoms with Gasteiger partial charge >= 0.3 is 0 Å². The van der Waals surface area contributed by atoms with E-state index in [9.17, 15) is 9.59 Å². The second-order valence-electron chi connectivity index (χ2n) is 6.65. The average molecular weight is 443 g/mol. The lowest BCUT2D eigenvalue weighted by Crippen LogP contribution is -2.34. The molecule has 0 heterocycles. The molecule has 0 aliphatic heterocycles. The van der Waals surface area contributed by atoms with E-state index in [1.807, 2.05) is 24.3 Å². The zero-order valence-corrected chi connectivity index (χ0v) is 19.1. The molecule has 0 aromatic heterocycles. The molecule has 0 atom stereocenters. The first-order valence-corrected chi connectivity index (χ1v) is 10.2. The zero-order chi connectivity index (χ0) is 23.5. The highest BCUT2D eigenvalue weighted by atomic mass is 16.5. The van der Waals surface area contributed by atoms with Crippen LogP contribution in [0.3, 0.4) is 0 Å². The Morgan fingerprint density at radius 3 is 2.06 bits per heavy atom. The van der Waals surface area contributed by atoms with Crippen molar-refractivity contribution < 1.29 is 23.8 Å². The summed E-state index contributed by atoms with van der Waals surface area (Å²) in [6.45, 7) is 5.83. The van der Waals surface area contributed by atoms with E-state index in [4.69, 9.17) is 14.2 Å². The fourth-order valence-corrected chi connectivity index (χ4v) is 3.05. The van der Waals surface area contributed by atoms with Crippen molar-refractivity contribution in [3.8, 4) is 17.2 Å². The number of nitrogens with one attached hydrogen (secondary N) is 2. The quantitative estimate of drug-likeness (QED) is 0.409. The predicted octanol–water partition coefficient (Wildman–Crippen LogP) is 2.44. The first kappa shape index (κ1) is 24.5. The van der Waals surface area contributed by atoms with Crippen molar-refractivity contribution >= 4 is 23.7 Å². The van der Waals surface area contributed by atoms with E-state index in [-0.39, 0.29) is 12.1 Å². The molecule has 0 spiro atoms. The van der Waals surface area contributed by atoms with Crippen LogP contribution in [0.4, 0.5) is 5.69 Å². The highest BCUT2D eigenvalue weighted by molar-refractivity contribution is 5.97. The molecule has 0 saturated heterocycles.